The van der Waals surface area contributed by atoms with E-state index in [1.54, 1.807) is 13.3 Å². The molecule has 3 N–H and O–H groups in total. The number of aromatic nitrogens is 2. The Bertz CT molecular complexity index is 369. The lowest BCUT2D eigenvalue weighted by Gasteiger charge is -2.26. The Hall–Kier alpha value is -1.07. The molecule has 1 aromatic rings. The first-order valence-corrected chi connectivity index (χ1v) is 6.80. The van der Waals surface area contributed by atoms with E-state index in [1.807, 2.05) is 11.7 Å². The molecule has 18 heavy (non-hydrogen) atoms. The van der Waals surface area contributed by atoms with Gasteiger partial charge in [0.25, 0.3) is 0 Å². The maximum absolute atomic E-state index is 5.79. The van der Waals surface area contributed by atoms with E-state index in [0.29, 0.717) is 5.92 Å². The predicted octanol–water partition coefficient (Wildman–Crippen LogP) is 1.90. The minimum Gasteiger partial charge on any atom is -0.493 e. The molecule has 1 unspecified atom stereocenters. The summed E-state index contributed by atoms with van der Waals surface area (Å²) in [6.45, 7) is 0. The molecular weight excluding hydrogens is 228 g/mol. The molecule has 0 amide bonds. The van der Waals surface area contributed by atoms with Gasteiger partial charge in [0.1, 0.15) is 0 Å². The molecule has 0 saturated heterocycles. The second-order valence-corrected chi connectivity index (χ2v) is 5.12. The summed E-state index contributed by atoms with van der Waals surface area (Å²) in [6.07, 6.45) is 9.49. The third-order valence-corrected chi connectivity index (χ3v) is 4.01. The number of hydrazine groups is 1. The molecule has 0 spiro atoms. The summed E-state index contributed by atoms with van der Waals surface area (Å²) >= 11 is 0. The molecular formula is C13H24N4O. The van der Waals surface area contributed by atoms with Crippen molar-refractivity contribution < 1.29 is 4.74 Å². The fraction of sp³-hybridized carbons (Fsp3) is 0.769. The number of methoxy groups -OCH3 is 1. The first-order valence-electron chi connectivity index (χ1n) is 6.80. The van der Waals surface area contributed by atoms with Crippen molar-refractivity contribution >= 4 is 0 Å². The highest BCUT2D eigenvalue weighted by atomic mass is 16.5. The van der Waals surface area contributed by atoms with Crippen LogP contribution in [0.1, 0.15) is 50.3 Å². The molecule has 1 aromatic heterocycles. The van der Waals surface area contributed by atoms with E-state index >= 15 is 0 Å². The monoisotopic (exact) mass is 252 g/mol. The van der Waals surface area contributed by atoms with Crippen LogP contribution in [-0.2, 0) is 7.05 Å². The van der Waals surface area contributed by atoms with Crippen LogP contribution in [0.15, 0.2) is 6.20 Å². The van der Waals surface area contributed by atoms with Gasteiger partial charge in [-0.1, -0.05) is 25.7 Å². The Morgan fingerprint density at radius 1 is 1.39 bits per heavy atom. The van der Waals surface area contributed by atoms with Gasteiger partial charge in [0, 0.05) is 7.05 Å². The molecule has 1 aliphatic rings. The number of ether oxygens (including phenoxy) is 1. The van der Waals surface area contributed by atoms with E-state index in [4.69, 9.17) is 10.6 Å². The van der Waals surface area contributed by atoms with Crippen molar-refractivity contribution in [3.8, 4) is 5.75 Å². The van der Waals surface area contributed by atoms with Gasteiger partial charge in [0.15, 0.2) is 5.75 Å². The van der Waals surface area contributed by atoms with Crippen molar-refractivity contribution in [2.24, 2.45) is 18.8 Å². The summed E-state index contributed by atoms with van der Waals surface area (Å²) in [4.78, 5) is 0. The lowest BCUT2D eigenvalue weighted by molar-refractivity contribution is 0.303. The quantitative estimate of drug-likeness (QED) is 0.488. The van der Waals surface area contributed by atoms with E-state index < -0.39 is 0 Å². The second-order valence-electron chi connectivity index (χ2n) is 5.12. The van der Waals surface area contributed by atoms with Gasteiger partial charge in [0.05, 0.1) is 25.0 Å². The lowest BCUT2D eigenvalue weighted by Crippen LogP contribution is -2.35. The zero-order chi connectivity index (χ0) is 13.0. The Kier molecular flexibility index (Phi) is 4.60. The fourth-order valence-corrected chi connectivity index (χ4v) is 3.02. The van der Waals surface area contributed by atoms with Gasteiger partial charge in [-0.15, -0.1) is 0 Å². The Balaban J connectivity index is 2.23. The molecule has 102 valence electrons. The maximum atomic E-state index is 5.79. The molecule has 0 bridgehead atoms. The molecule has 0 aromatic carbocycles. The maximum Gasteiger partial charge on any atom is 0.161 e. The fourth-order valence-electron chi connectivity index (χ4n) is 3.02. The van der Waals surface area contributed by atoms with Crippen molar-refractivity contribution in [1.82, 2.24) is 15.2 Å². The SMILES string of the molecule is COc1cnn(C)c1C(NN)C1CCCCCC1. The van der Waals surface area contributed by atoms with Gasteiger partial charge < -0.3 is 4.74 Å². The molecule has 1 atom stereocenters. The number of hydrogen-bond donors (Lipinski definition) is 2. The highest BCUT2D eigenvalue weighted by Crippen LogP contribution is 2.36. The Morgan fingerprint density at radius 3 is 2.61 bits per heavy atom. The molecule has 1 fully saturated rings. The number of hydrogen-bond acceptors (Lipinski definition) is 4. The Labute approximate surface area is 109 Å². The first kappa shape index (κ1) is 13.4. The van der Waals surface area contributed by atoms with Crippen molar-refractivity contribution in [1.29, 1.82) is 0 Å². The van der Waals surface area contributed by atoms with Gasteiger partial charge in [-0.25, -0.2) is 0 Å². The highest BCUT2D eigenvalue weighted by molar-refractivity contribution is 5.28. The number of nitrogens with one attached hydrogen (secondary N) is 1. The molecule has 0 aliphatic heterocycles. The second kappa shape index (κ2) is 6.20. The zero-order valence-electron chi connectivity index (χ0n) is 11.4. The van der Waals surface area contributed by atoms with Crippen molar-refractivity contribution in [3.63, 3.8) is 0 Å². The third kappa shape index (κ3) is 2.67. The van der Waals surface area contributed by atoms with Gasteiger partial charge in [-0.3, -0.25) is 16.0 Å². The van der Waals surface area contributed by atoms with Crippen LogP contribution in [0.25, 0.3) is 0 Å². The molecule has 0 radical (unpaired) electrons. The zero-order valence-corrected chi connectivity index (χ0v) is 11.4. The van der Waals surface area contributed by atoms with Crippen LogP contribution in [0, 0.1) is 5.92 Å². The molecule has 1 saturated carbocycles. The largest absolute Gasteiger partial charge is 0.493 e. The smallest absolute Gasteiger partial charge is 0.161 e. The summed E-state index contributed by atoms with van der Waals surface area (Å²) in [5, 5.41) is 4.27. The number of nitrogens with two attached hydrogens (primary N) is 1. The van der Waals surface area contributed by atoms with Crippen LogP contribution in [0.5, 0.6) is 5.75 Å². The predicted molar refractivity (Wildman–Crippen MR) is 71.0 cm³/mol. The van der Waals surface area contributed by atoms with Crippen LogP contribution in [0.4, 0.5) is 0 Å². The molecule has 1 heterocycles. The lowest BCUT2D eigenvalue weighted by atomic mass is 9.90. The number of nitrogens with zero attached hydrogens (tertiary/aromatic N) is 2. The van der Waals surface area contributed by atoms with E-state index in [0.717, 1.165) is 11.4 Å². The summed E-state index contributed by atoms with van der Waals surface area (Å²) in [5.41, 5.74) is 4.04. The average molecular weight is 252 g/mol. The average Bonchev–Trinajstić information content (AvgIpc) is 2.60. The highest BCUT2D eigenvalue weighted by Gasteiger charge is 2.28. The number of rotatable bonds is 4. The van der Waals surface area contributed by atoms with Gasteiger partial charge in [-0.2, -0.15) is 5.10 Å². The molecule has 2 rings (SSSR count). The summed E-state index contributed by atoms with van der Waals surface area (Å²) in [5.74, 6) is 7.19. The minimum atomic E-state index is 0.130. The molecule has 5 nitrogen and oxygen atoms in total. The van der Waals surface area contributed by atoms with Crippen molar-refractivity contribution in [3.05, 3.63) is 11.9 Å². The molecule has 1 aliphatic carbocycles. The van der Waals surface area contributed by atoms with Gasteiger partial charge in [-0.05, 0) is 18.8 Å². The third-order valence-electron chi connectivity index (χ3n) is 4.01. The summed E-state index contributed by atoms with van der Waals surface area (Å²) < 4.78 is 7.26. The molecule has 5 heteroatoms. The van der Waals surface area contributed by atoms with Crippen LogP contribution in [0.2, 0.25) is 0 Å². The van der Waals surface area contributed by atoms with E-state index in [-0.39, 0.29) is 6.04 Å². The van der Waals surface area contributed by atoms with Crippen molar-refractivity contribution in [2.45, 2.75) is 44.6 Å². The minimum absolute atomic E-state index is 0.130. The van der Waals surface area contributed by atoms with Gasteiger partial charge >= 0.3 is 0 Å². The number of aryl methyl sites for hydroxylation is 1. The first-order chi connectivity index (χ1) is 8.77. The van der Waals surface area contributed by atoms with Crippen LogP contribution in [0.3, 0.4) is 0 Å². The van der Waals surface area contributed by atoms with E-state index in [2.05, 4.69) is 10.5 Å². The van der Waals surface area contributed by atoms with E-state index in [9.17, 15) is 0 Å². The topological polar surface area (TPSA) is 65.1 Å². The van der Waals surface area contributed by atoms with E-state index in [1.165, 1.54) is 38.5 Å². The van der Waals surface area contributed by atoms with Gasteiger partial charge in [0.2, 0.25) is 0 Å². The van der Waals surface area contributed by atoms with Crippen LogP contribution in [-0.4, -0.2) is 16.9 Å². The van der Waals surface area contributed by atoms with Crippen LogP contribution < -0.4 is 16.0 Å². The Morgan fingerprint density at radius 2 is 2.06 bits per heavy atom. The standard InChI is InChI=1S/C13H24N4O/c1-17-13(11(18-2)9-15-17)12(16-14)10-7-5-3-4-6-8-10/h9-10,12,16H,3-8,14H2,1-2H3. The summed E-state index contributed by atoms with van der Waals surface area (Å²) in [6, 6.07) is 0.130. The van der Waals surface area contributed by atoms with Crippen LogP contribution >= 0.6 is 0 Å². The summed E-state index contributed by atoms with van der Waals surface area (Å²) in [7, 11) is 3.63. The normalized spacial score (nSPS) is 19.5. The van der Waals surface area contributed by atoms with Crippen molar-refractivity contribution in [2.75, 3.05) is 7.11 Å².